The smallest absolute Gasteiger partial charge is 0.416 e. The van der Waals surface area contributed by atoms with E-state index < -0.39 is 35.2 Å². The predicted molar refractivity (Wildman–Crippen MR) is 183 cm³/mol. The molecule has 4 aromatic heterocycles. The van der Waals surface area contributed by atoms with E-state index >= 15 is 0 Å². The Bertz CT molecular complexity index is 2330. The first-order valence-electron chi connectivity index (χ1n) is 16.3. The summed E-state index contributed by atoms with van der Waals surface area (Å²) in [7, 11) is 0. The Balaban J connectivity index is 1.33. The highest BCUT2D eigenvalue weighted by Crippen LogP contribution is 2.37. The zero-order chi connectivity index (χ0) is 36.9. The van der Waals surface area contributed by atoms with Crippen LogP contribution in [0.3, 0.4) is 0 Å². The van der Waals surface area contributed by atoms with Crippen molar-refractivity contribution in [1.29, 1.82) is 0 Å². The number of pyridine rings is 2. The number of amides is 2. The average Bonchev–Trinajstić information content (AvgIpc) is 3.59. The van der Waals surface area contributed by atoms with Crippen molar-refractivity contribution in [1.82, 2.24) is 34.0 Å². The molecule has 18 heteroatoms. The van der Waals surface area contributed by atoms with Crippen molar-refractivity contribution in [3.63, 3.8) is 0 Å². The van der Waals surface area contributed by atoms with E-state index in [9.17, 15) is 32.7 Å². The van der Waals surface area contributed by atoms with Crippen molar-refractivity contribution in [2.45, 2.75) is 32.0 Å². The molecular formula is C34H31ClF3N9O5. The molecule has 2 aliphatic heterocycles. The predicted octanol–water partition coefficient (Wildman–Crippen LogP) is 3.62. The molecule has 52 heavy (non-hydrogen) atoms. The fraction of sp³-hybridized carbons (Fsp3) is 0.324. The van der Waals surface area contributed by atoms with Gasteiger partial charge in [0.2, 0.25) is 11.7 Å². The minimum absolute atomic E-state index is 0.0317. The zero-order valence-electron chi connectivity index (χ0n) is 27.6. The van der Waals surface area contributed by atoms with Crippen LogP contribution in [0.4, 0.5) is 18.9 Å². The molecule has 0 spiro atoms. The number of rotatable bonds is 7. The van der Waals surface area contributed by atoms with Crippen molar-refractivity contribution in [3.8, 4) is 5.75 Å². The SMILES string of the molecule is CCc1c(N2CCN(C(=O)c3ncc4cccnc4c3O)CC2)c(=O)n2nc(C3=CCOCC3)nc2n1C(C(N)=O)c1ccc(C(F)(F)F)cc1Cl. The van der Waals surface area contributed by atoms with Gasteiger partial charge in [-0.15, -0.1) is 5.10 Å². The molecule has 1 unspecified atom stereocenters. The van der Waals surface area contributed by atoms with Gasteiger partial charge in [0.1, 0.15) is 17.2 Å². The zero-order valence-corrected chi connectivity index (χ0v) is 28.4. The summed E-state index contributed by atoms with van der Waals surface area (Å²) in [5, 5.41) is 15.6. The molecule has 1 atom stereocenters. The quantitative estimate of drug-likeness (QED) is 0.251. The standard InChI is InChI=1S/C34H31ClF3N9O5/c1-2-23-27(44-10-12-45(13-11-44)31(50)25-28(48)24-19(17-41-25)4-3-9-40-24)32(51)47-33(42-30(43-47)18-7-14-52-15-8-18)46(23)26(29(39)49)21-6-5-20(16-22(21)35)34(36,37)38/h3-7,9,16-17,26,48H,2,8,10-15H2,1H3,(H2,39,49). The van der Waals surface area contributed by atoms with E-state index in [1.54, 1.807) is 30.0 Å². The number of piperazine rings is 1. The number of anilines is 1. The Labute approximate surface area is 297 Å². The Morgan fingerprint density at radius 1 is 1.13 bits per heavy atom. The summed E-state index contributed by atoms with van der Waals surface area (Å²) in [5.41, 5.74) is 5.61. The number of benzene rings is 1. The second-order valence-corrected chi connectivity index (χ2v) is 12.6. The lowest BCUT2D eigenvalue weighted by molar-refractivity contribution is -0.137. The van der Waals surface area contributed by atoms with Crippen LogP contribution in [0.25, 0.3) is 22.3 Å². The van der Waals surface area contributed by atoms with E-state index in [4.69, 9.17) is 22.1 Å². The van der Waals surface area contributed by atoms with Gasteiger partial charge in [0.15, 0.2) is 17.3 Å². The number of primary amides is 1. The fourth-order valence-corrected chi connectivity index (χ4v) is 6.94. The number of aromatic nitrogens is 6. The third-order valence-electron chi connectivity index (χ3n) is 9.21. The van der Waals surface area contributed by atoms with Crippen LogP contribution in [0, 0.1) is 0 Å². The van der Waals surface area contributed by atoms with E-state index in [1.807, 2.05) is 0 Å². The molecule has 1 saturated heterocycles. The summed E-state index contributed by atoms with van der Waals surface area (Å²) < 4.78 is 48.6. The molecule has 270 valence electrons. The molecule has 1 fully saturated rings. The molecule has 6 heterocycles. The molecule has 7 rings (SSSR count). The summed E-state index contributed by atoms with van der Waals surface area (Å²) in [4.78, 5) is 57.5. The number of carbonyl (C=O) groups is 2. The van der Waals surface area contributed by atoms with E-state index in [1.165, 1.54) is 21.9 Å². The summed E-state index contributed by atoms with van der Waals surface area (Å²) in [6.07, 6.45) is 0.648. The van der Waals surface area contributed by atoms with Gasteiger partial charge in [-0.3, -0.25) is 23.9 Å². The monoisotopic (exact) mass is 737 g/mol. The van der Waals surface area contributed by atoms with E-state index in [2.05, 4.69) is 20.1 Å². The van der Waals surface area contributed by atoms with E-state index in [0.717, 1.165) is 22.7 Å². The molecule has 2 amide bonds. The number of aromatic hydroxyl groups is 1. The molecule has 0 aliphatic carbocycles. The maximum Gasteiger partial charge on any atom is 0.416 e. The molecule has 0 radical (unpaired) electrons. The molecule has 0 bridgehead atoms. The van der Waals surface area contributed by atoms with Crippen LogP contribution in [-0.4, -0.2) is 90.3 Å². The third-order valence-corrected chi connectivity index (χ3v) is 9.53. The van der Waals surface area contributed by atoms with Gasteiger partial charge in [0.25, 0.3) is 11.5 Å². The lowest BCUT2D eigenvalue weighted by Gasteiger charge is -2.37. The molecule has 1 aromatic carbocycles. The maximum absolute atomic E-state index is 14.4. The number of fused-ring (bicyclic) bond motifs is 2. The largest absolute Gasteiger partial charge is 0.504 e. The van der Waals surface area contributed by atoms with Crippen LogP contribution < -0.4 is 16.2 Å². The van der Waals surface area contributed by atoms with Gasteiger partial charge in [-0.05, 0) is 42.7 Å². The Hall–Kier alpha value is -5.55. The number of nitrogens with zero attached hydrogens (tertiary/aromatic N) is 8. The van der Waals surface area contributed by atoms with Gasteiger partial charge in [0.05, 0.1) is 24.5 Å². The van der Waals surface area contributed by atoms with Gasteiger partial charge in [0, 0.05) is 54.5 Å². The summed E-state index contributed by atoms with van der Waals surface area (Å²) in [6.45, 7) is 3.00. The van der Waals surface area contributed by atoms with Gasteiger partial charge >= 0.3 is 6.18 Å². The first-order valence-corrected chi connectivity index (χ1v) is 16.7. The molecule has 2 aliphatic rings. The second-order valence-electron chi connectivity index (χ2n) is 12.2. The summed E-state index contributed by atoms with van der Waals surface area (Å²) >= 11 is 6.43. The number of carbonyl (C=O) groups excluding carboxylic acids is 2. The average molecular weight is 738 g/mol. The normalized spacial score (nSPS) is 16.0. The van der Waals surface area contributed by atoms with E-state index in [0.29, 0.717) is 36.3 Å². The van der Waals surface area contributed by atoms with Crippen LogP contribution in [0.5, 0.6) is 5.75 Å². The minimum Gasteiger partial charge on any atom is -0.504 e. The van der Waals surface area contributed by atoms with E-state index in [-0.39, 0.29) is 77.4 Å². The third kappa shape index (κ3) is 6.08. The van der Waals surface area contributed by atoms with Crippen LogP contribution in [-0.2, 0) is 22.1 Å². The number of alkyl halides is 3. The van der Waals surface area contributed by atoms with Crippen molar-refractivity contribution < 1.29 is 32.6 Å². The fourth-order valence-electron chi connectivity index (χ4n) is 6.66. The summed E-state index contributed by atoms with van der Waals surface area (Å²) in [5.74, 6) is -1.68. The van der Waals surface area contributed by atoms with Crippen molar-refractivity contribution in [2.75, 3.05) is 44.3 Å². The molecular weight excluding hydrogens is 707 g/mol. The van der Waals surface area contributed by atoms with Crippen molar-refractivity contribution in [3.05, 3.63) is 92.5 Å². The molecule has 3 N–H and O–H groups in total. The Morgan fingerprint density at radius 3 is 2.56 bits per heavy atom. The Morgan fingerprint density at radius 2 is 1.90 bits per heavy atom. The minimum atomic E-state index is -4.69. The highest BCUT2D eigenvalue weighted by Gasteiger charge is 2.36. The maximum atomic E-state index is 14.4. The highest BCUT2D eigenvalue weighted by molar-refractivity contribution is 6.31. The van der Waals surface area contributed by atoms with Crippen LogP contribution >= 0.6 is 11.6 Å². The molecule has 5 aromatic rings. The summed E-state index contributed by atoms with van der Waals surface area (Å²) in [6, 6.07) is 4.51. The number of hydrogen-bond donors (Lipinski definition) is 2. The van der Waals surface area contributed by atoms with Gasteiger partial charge in [-0.2, -0.15) is 22.7 Å². The van der Waals surface area contributed by atoms with Crippen LogP contribution in [0.15, 0.2) is 53.6 Å². The number of ether oxygens (including phenoxy) is 1. The first-order chi connectivity index (χ1) is 24.9. The molecule has 0 saturated carbocycles. The van der Waals surface area contributed by atoms with Gasteiger partial charge in [-0.1, -0.05) is 30.7 Å². The number of hydrogen-bond acceptors (Lipinski definition) is 10. The van der Waals surface area contributed by atoms with Crippen LogP contribution in [0.1, 0.15) is 52.5 Å². The highest BCUT2D eigenvalue weighted by atomic mass is 35.5. The van der Waals surface area contributed by atoms with Crippen LogP contribution in [0.2, 0.25) is 5.02 Å². The lowest BCUT2D eigenvalue weighted by atomic mass is 10.0. The van der Waals surface area contributed by atoms with Gasteiger partial charge < -0.3 is 25.4 Å². The van der Waals surface area contributed by atoms with Gasteiger partial charge in [-0.25, -0.2) is 4.98 Å². The first kappa shape index (κ1) is 34.9. The number of halogens is 4. The number of nitrogens with two attached hydrogens (primary N) is 1. The topological polar surface area (TPSA) is 174 Å². The molecule has 14 nitrogen and oxygen atoms in total. The second kappa shape index (κ2) is 13.5. The van der Waals surface area contributed by atoms with Crippen molar-refractivity contribution in [2.24, 2.45) is 5.73 Å². The lowest BCUT2D eigenvalue weighted by Crippen LogP contribution is -2.51. The Kier molecular flexibility index (Phi) is 9.08. The van der Waals surface area contributed by atoms with Crippen molar-refractivity contribution >= 4 is 51.4 Å².